The molecule has 3 N–H and O–H groups in total. The molecule has 3 rings (SSSR count). The van der Waals surface area contributed by atoms with Crippen molar-refractivity contribution in [2.45, 2.75) is 31.8 Å². The molecule has 3 atom stereocenters. The van der Waals surface area contributed by atoms with Gasteiger partial charge in [-0.2, -0.15) is 0 Å². The predicted molar refractivity (Wildman–Crippen MR) is 72.3 cm³/mol. The summed E-state index contributed by atoms with van der Waals surface area (Å²) in [6.07, 6.45) is 5.45. The number of fused-ring (bicyclic) bond motifs is 2. The quantitative estimate of drug-likeness (QED) is 0.651. The number of benzene rings is 1. The van der Waals surface area contributed by atoms with E-state index in [1.807, 2.05) is 6.07 Å². The van der Waals surface area contributed by atoms with Crippen LogP contribution in [0, 0.1) is 17.2 Å². The van der Waals surface area contributed by atoms with Gasteiger partial charge in [-0.3, -0.25) is 5.41 Å². The fraction of sp³-hybridized carbons (Fsp3) is 0.500. The van der Waals surface area contributed by atoms with Gasteiger partial charge in [0.2, 0.25) is 0 Å². The zero-order chi connectivity index (χ0) is 12.7. The van der Waals surface area contributed by atoms with Crippen molar-refractivity contribution in [3.63, 3.8) is 0 Å². The normalized spacial score (nSPS) is 29.5. The van der Waals surface area contributed by atoms with Gasteiger partial charge >= 0.3 is 0 Å². The lowest BCUT2D eigenvalue weighted by atomic mass is 9.98. The maximum absolute atomic E-state index is 7.37. The summed E-state index contributed by atoms with van der Waals surface area (Å²) in [4.78, 5) is 0. The molecule has 0 aliphatic heterocycles. The fourth-order valence-corrected chi connectivity index (χ4v) is 3.48. The molecule has 3 nitrogen and oxygen atoms in total. The van der Waals surface area contributed by atoms with Crippen LogP contribution in [0.15, 0.2) is 18.2 Å². The van der Waals surface area contributed by atoms with Gasteiger partial charge in [-0.05, 0) is 55.7 Å². The monoisotopic (exact) mass is 264 g/mol. The van der Waals surface area contributed by atoms with Crippen molar-refractivity contribution in [2.75, 3.05) is 0 Å². The topological polar surface area (TPSA) is 59.1 Å². The van der Waals surface area contributed by atoms with Gasteiger partial charge in [-0.25, -0.2) is 0 Å². The Morgan fingerprint density at radius 1 is 1.33 bits per heavy atom. The molecule has 0 radical (unpaired) electrons. The van der Waals surface area contributed by atoms with Crippen LogP contribution in [-0.2, 0) is 0 Å². The van der Waals surface area contributed by atoms with E-state index in [0.717, 1.165) is 18.1 Å². The zero-order valence-electron chi connectivity index (χ0n) is 10.2. The van der Waals surface area contributed by atoms with Crippen LogP contribution < -0.4 is 10.5 Å². The van der Waals surface area contributed by atoms with E-state index in [1.165, 1.54) is 19.3 Å². The fourth-order valence-electron chi connectivity index (χ4n) is 3.26. The Hall–Kier alpha value is -1.22. The summed E-state index contributed by atoms with van der Waals surface area (Å²) in [5.74, 6) is 2.32. The number of amidine groups is 1. The van der Waals surface area contributed by atoms with Gasteiger partial charge in [0.25, 0.3) is 0 Å². The lowest BCUT2D eigenvalue weighted by Crippen LogP contribution is -2.23. The summed E-state index contributed by atoms with van der Waals surface area (Å²) >= 11 is 6.18. The van der Waals surface area contributed by atoms with Crippen molar-refractivity contribution in [3.05, 3.63) is 28.8 Å². The van der Waals surface area contributed by atoms with Gasteiger partial charge in [0.05, 0.1) is 5.02 Å². The second-order valence-electron chi connectivity index (χ2n) is 5.39. The van der Waals surface area contributed by atoms with E-state index < -0.39 is 0 Å². The Morgan fingerprint density at radius 3 is 2.72 bits per heavy atom. The Morgan fingerprint density at radius 2 is 2.17 bits per heavy atom. The number of hydrogen-bond acceptors (Lipinski definition) is 2. The van der Waals surface area contributed by atoms with Crippen molar-refractivity contribution in [3.8, 4) is 5.75 Å². The van der Waals surface area contributed by atoms with Crippen LogP contribution in [0.1, 0.15) is 31.2 Å². The van der Waals surface area contributed by atoms with E-state index >= 15 is 0 Å². The summed E-state index contributed by atoms with van der Waals surface area (Å²) < 4.78 is 6.03. The van der Waals surface area contributed by atoms with E-state index in [4.69, 9.17) is 27.5 Å². The standard InChI is InChI=1S/C14H17ClN2O/c15-11-7-10(14(16)17)3-4-12(11)18-13-6-8-1-2-9(13)5-8/h3-4,7-9,13H,1-2,5-6H2,(H3,16,17). The van der Waals surface area contributed by atoms with Crippen LogP contribution in [0.25, 0.3) is 0 Å². The smallest absolute Gasteiger partial charge is 0.138 e. The number of rotatable bonds is 3. The minimum absolute atomic E-state index is 0.0309. The molecule has 0 saturated heterocycles. The molecule has 18 heavy (non-hydrogen) atoms. The van der Waals surface area contributed by atoms with Crippen LogP contribution in [0.2, 0.25) is 5.02 Å². The highest BCUT2D eigenvalue weighted by molar-refractivity contribution is 6.32. The first kappa shape index (κ1) is 11.8. The molecule has 0 aromatic heterocycles. The van der Waals surface area contributed by atoms with Gasteiger partial charge in [-0.1, -0.05) is 11.6 Å². The van der Waals surface area contributed by atoms with Gasteiger partial charge in [0, 0.05) is 5.56 Å². The molecule has 2 fully saturated rings. The molecule has 2 aliphatic carbocycles. The minimum Gasteiger partial charge on any atom is -0.489 e. The summed E-state index contributed by atoms with van der Waals surface area (Å²) in [6.45, 7) is 0. The van der Waals surface area contributed by atoms with Crippen molar-refractivity contribution >= 4 is 17.4 Å². The van der Waals surface area contributed by atoms with Crippen molar-refractivity contribution in [2.24, 2.45) is 17.6 Å². The van der Waals surface area contributed by atoms with Gasteiger partial charge in [0.1, 0.15) is 17.7 Å². The van der Waals surface area contributed by atoms with Crippen molar-refractivity contribution in [1.29, 1.82) is 5.41 Å². The molecule has 3 unspecified atom stereocenters. The van der Waals surface area contributed by atoms with Gasteiger partial charge in [0.15, 0.2) is 0 Å². The second kappa shape index (κ2) is 4.47. The molecule has 2 bridgehead atoms. The first-order valence-corrected chi connectivity index (χ1v) is 6.82. The van der Waals surface area contributed by atoms with Crippen molar-refractivity contribution < 1.29 is 4.74 Å². The minimum atomic E-state index is 0.0309. The molecular formula is C14H17ClN2O. The number of nitrogens with one attached hydrogen (secondary N) is 1. The molecule has 2 aliphatic rings. The summed E-state index contributed by atoms with van der Waals surface area (Å²) in [5, 5.41) is 7.92. The van der Waals surface area contributed by atoms with Crippen LogP contribution in [0.3, 0.4) is 0 Å². The van der Waals surface area contributed by atoms with E-state index in [-0.39, 0.29) is 5.84 Å². The van der Waals surface area contributed by atoms with E-state index in [1.54, 1.807) is 12.1 Å². The van der Waals surface area contributed by atoms with Crippen LogP contribution in [0.4, 0.5) is 0 Å². The third kappa shape index (κ3) is 2.07. The Bertz CT molecular complexity index is 489. The largest absolute Gasteiger partial charge is 0.489 e. The Labute approximate surface area is 112 Å². The SMILES string of the molecule is N=C(N)c1ccc(OC2CC3CCC2C3)c(Cl)c1. The molecule has 4 heteroatoms. The number of hydrogen-bond donors (Lipinski definition) is 2. The molecule has 2 saturated carbocycles. The number of nitrogen functional groups attached to an aromatic ring is 1. The van der Waals surface area contributed by atoms with Crippen molar-refractivity contribution in [1.82, 2.24) is 0 Å². The number of ether oxygens (including phenoxy) is 1. The van der Waals surface area contributed by atoms with Gasteiger partial charge < -0.3 is 10.5 Å². The first-order valence-electron chi connectivity index (χ1n) is 6.44. The third-order valence-corrected chi connectivity index (χ3v) is 4.49. The Balaban J connectivity index is 1.75. The molecule has 0 spiro atoms. The van der Waals surface area contributed by atoms with E-state index in [2.05, 4.69) is 0 Å². The lowest BCUT2D eigenvalue weighted by molar-refractivity contribution is 0.138. The summed E-state index contributed by atoms with van der Waals surface area (Å²) in [7, 11) is 0. The van der Waals surface area contributed by atoms with Crippen LogP contribution >= 0.6 is 11.6 Å². The third-order valence-electron chi connectivity index (χ3n) is 4.19. The predicted octanol–water partition coefficient (Wildman–Crippen LogP) is 3.19. The molecular weight excluding hydrogens is 248 g/mol. The highest BCUT2D eigenvalue weighted by atomic mass is 35.5. The summed E-state index contributed by atoms with van der Waals surface area (Å²) in [6, 6.07) is 5.31. The maximum Gasteiger partial charge on any atom is 0.138 e. The highest BCUT2D eigenvalue weighted by Gasteiger charge is 2.41. The molecule has 0 heterocycles. The van der Waals surface area contributed by atoms with Crippen LogP contribution in [-0.4, -0.2) is 11.9 Å². The first-order chi connectivity index (χ1) is 8.63. The summed E-state index contributed by atoms with van der Waals surface area (Å²) in [5.41, 5.74) is 6.07. The zero-order valence-corrected chi connectivity index (χ0v) is 10.9. The molecule has 1 aromatic carbocycles. The molecule has 96 valence electrons. The maximum atomic E-state index is 7.37. The average molecular weight is 265 g/mol. The number of nitrogens with two attached hydrogens (primary N) is 1. The van der Waals surface area contributed by atoms with E-state index in [0.29, 0.717) is 22.6 Å². The highest BCUT2D eigenvalue weighted by Crippen LogP contribution is 2.46. The van der Waals surface area contributed by atoms with Gasteiger partial charge in [-0.15, -0.1) is 0 Å². The second-order valence-corrected chi connectivity index (χ2v) is 5.80. The number of halogens is 1. The van der Waals surface area contributed by atoms with Crippen LogP contribution in [0.5, 0.6) is 5.75 Å². The molecule has 1 aromatic rings. The van der Waals surface area contributed by atoms with E-state index in [9.17, 15) is 0 Å². The Kier molecular flexibility index (Phi) is 2.94. The molecule has 0 amide bonds. The lowest BCUT2D eigenvalue weighted by Gasteiger charge is -2.23. The average Bonchev–Trinajstić information content (AvgIpc) is 2.93.